The smallest absolute Gasteiger partial charge is 0.405 e. The molecule has 0 aliphatic rings. The number of ether oxygens (including phenoxy) is 1. The lowest BCUT2D eigenvalue weighted by atomic mass is 9.84. The number of phenols is 1. The molecule has 0 fully saturated rings. The van der Waals surface area contributed by atoms with Gasteiger partial charge in [0.05, 0.1) is 0 Å². The Balaban J connectivity index is 3.01. The Labute approximate surface area is 95.0 Å². The standard InChI is InChI=1S/C12H17NO3/c1-12(2,3)10(16-11(13)15)8-4-6-9(14)7-5-8/h4-7,10,14H,1-3H3,(H2,13,15). The predicted octanol–water partition coefficient (Wildman–Crippen LogP) is 2.57. The second-order valence-corrected chi connectivity index (χ2v) is 4.77. The Bertz CT molecular complexity index is 365. The number of primary amides is 1. The Hall–Kier alpha value is -1.71. The van der Waals surface area contributed by atoms with Crippen molar-refractivity contribution in [3.05, 3.63) is 29.8 Å². The van der Waals surface area contributed by atoms with Gasteiger partial charge in [0, 0.05) is 5.41 Å². The fourth-order valence-corrected chi connectivity index (χ4v) is 1.51. The summed E-state index contributed by atoms with van der Waals surface area (Å²) in [7, 11) is 0. The van der Waals surface area contributed by atoms with Crippen LogP contribution < -0.4 is 5.73 Å². The minimum atomic E-state index is -0.798. The predicted molar refractivity (Wildman–Crippen MR) is 61.0 cm³/mol. The number of carbonyl (C=O) groups excluding carboxylic acids is 1. The van der Waals surface area contributed by atoms with E-state index in [9.17, 15) is 9.90 Å². The van der Waals surface area contributed by atoms with Gasteiger partial charge in [-0.05, 0) is 17.7 Å². The third kappa shape index (κ3) is 3.15. The van der Waals surface area contributed by atoms with Crippen molar-refractivity contribution in [2.75, 3.05) is 0 Å². The van der Waals surface area contributed by atoms with Crippen LogP contribution in [0.25, 0.3) is 0 Å². The first-order valence-electron chi connectivity index (χ1n) is 5.05. The van der Waals surface area contributed by atoms with Crippen molar-refractivity contribution in [3.63, 3.8) is 0 Å². The molecule has 1 atom stereocenters. The molecule has 0 spiro atoms. The number of benzene rings is 1. The molecule has 0 saturated carbocycles. The van der Waals surface area contributed by atoms with Gasteiger partial charge in [0.2, 0.25) is 0 Å². The molecule has 0 aliphatic carbocycles. The van der Waals surface area contributed by atoms with E-state index in [0.29, 0.717) is 0 Å². The number of amides is 1. The lowest BCUT2D eigenvalue weighted by Crippen LogP contribution is -2.26. The van der Waals surface area contributed by atoms with Gasteiger partial charge in [-0.2, -0.15) is 0 Å². The second-order valence-electron chi connectivity index (χ2n) is 4.77. The number of hydrogen-bond donors (Lipinski definition) is 2. The number of aromatic hydroxyl groups is 1. The number of nitrogens with two attached hydrogens (primary N) is 1. The van der Waals surface area contributed by atoms with Crippen LogP contribution in [0.5, 0.6) is 5.75 Å². The van der Waals surface area contributed by atoms with E-state index in [1.807, 2.05) is 20.8 Å². The highest BCUT2D eigenvalue weighted by atomic mass is 16.6. The van der Waals surface area contributed by atoms with E-state index in [4.69, 9.17) is 10.5 Å². The molecule has 1 amide bonds. The van der Waals surface area contributed by atoms with Gasteiger partial charge in [-0.25, -0.2) is 4.79 Å². The zero-order valence-corrected chi connectivity index (χ0v) is 9.73. The van der Waals surface area contributed by atoms with E-state index in [2.05, 4.69) is 0 Å². The summed E-state index contributed by atoms with van der Waals surface area (Å²) < 4.78 is 5.10. The van der Waals surface area contributed by atoms with Crippen molar-refractivity contribution in [3.8, 4) is 5.75 Å². The molecule has 0 radical (unpaired) electrons. The normalized spacial score (nSPS) is 13.2. The molecule has 0 aromatic heterocycles. The average molecular weight is 223 g/mol. The van der Waals surface area contributed by atoms with Gasteiger partial charge < -0.3 is 15.6 Å². The van der Waals surface area contributed by atoms with Crippen molar-refractivity contribution >= 4 is 6.09 Å². The zero-order valence-electron chi connectivity index (χ0n) is 9.73. The average Bonchev–Trinajstić information content (AvgIpc) is 2.14. The van der Waals surface area contributed by atoms with Crippen molar-refractivity contribution in [1.82, 2.24) is 0 Å². The summed E-state index contributed by atoms with van der Waals surface area (Å²) in [4.78, 5) is 10.8. The molecule has 0 aliphatic heterocycles. The summed E-state index contributed by atoms with van der Waals surface area (Å²) in [5, 5.41) is 9.19. The summed E-state index contributed by atoms with van der Waals surface area (Å²) >= 11 is 0. The van der Waals surface area contributed by atoms with E-state index >= 15 is 0 Å². The molecule has 1 unspecified atom stereocenters. The van der Waals surface area contributed by atoms with E-state index in [1.54, 1.807) is 24.3 Å². The first-order chi connectivity index (χ1) is 7.30. The monoisotopic (exact) mass is 223 g/mol. The van der Waals surface area contributed by atoms with Gasteiger partial charge in [0.1, 0.15) is 11.9 Å². The molecule has 4 heteroatoms. The Morgan fingerprint density at radius 3 is 2.19 bits per heavy atom. The number of phenolic OH excluding ortho intramolecular Hbond substituents is 1. The van der Waals surface area contributed by atoms with Crippen LogP contribution in [0, 0.1) is 5.41 Å². The molecule has 0 saturated heterocycles. The summed E-state index contributed by atoms with van der Waals surface area (Å²) in [6.45, 7) is 5.86. The maximum absolute atomic E-state index is 10.8. The van der Waals surface area contributed by atoms with Crippen molar-refractivity contribution in [2.45, 2.75) is 26.9 Å². The van der Waals surface area contributed by atoms with Crippen molar-refractivity contribution in [2.24, 2.45) is 11.1 Å². The fraction of sp³-hybridized carbons (Fsp3) is 0.417. The maximum atomic E-state index is 10.8. The van der Waals surface area contributed by atoms with Crippen LogP contribution in [-0.2, 0) is 4.74 Å². The lowest BCUT2D eigenvalue weighted by Gasteiger charge is -2.29. The molecule has 88 valence electrons. The summed E-state index contributed by atoms with van der Waals surface area (Å²) in [6.07, 6.45) is -1.22. The highest BCUT2D eigenvalue weighted by molar-refractivity contribution is 5.65. The minimum absolute atomic E-state index is 0.176. The lowest BCUT2D eigenvalue weighted by molar-refractivity contribution is 0.0360. The molecule has 4 nitrogen and oxygen atoms in total. The molecular weight excluding hydrogens is 206 g/mol. The number of rotatable bonds is 2. The van der Waals surface area contributed by atoms with E-state index < -0.39 is 12.2 Å². The summed E-state index contributed by atoms with van der Waals surface area (Å²) in [5.41, 5.74) is 5.60. The van der Waals surface area contributed by atoms with Crippen molar-refractivity contribution < 1.29 is 14.6 Å². The third-order valence-electron chi connectivity index (χ3n) is 2.22. The first-order valence-corrected chi connectivity index (χ1v) is 5.05. The van der Waals surface area contributed by atoms with Gasteiger partial charge in [0.15, 0.2) is 0 Å². The van der Waals surface area contributed by atoms with Crippen LogP contribution in [0.4, 0.5) is 4.79 Å². The van der Waals surface area contributed by atoms with E-state index in [-0.39, 0.29) is 11.2 Å². The first kappa shape index (κ1) is 12.4. The quantitative estimate of drug-likeness (QED) is 0.809. The molecule has 1 aromatic rings. The summed E-state index contributed by atoms with van der Waals surface area (Å²) in [5.74, 6) is 0.176. The van der Waals surface area contributed by atoms with Crippen LogP contribution in [0.3, 0.4) is 0 Å². The summed E-state index contributed by atoms with van der Waals surface area (Å²) in [6, 6.07) is 6.54. The van der Waals surface area contributed by atoms with Crippen LogP contribution in [0.15, 0.2) is 24.3 Å². The SMILES string of the molecule is CC(C)(C)C(OC(N)=O)c1ccc(O)cc1. The van der Waals surface area contributed by atoms with E-state index in [1.165, 1.54) is 0 Å². The highest BCUT2D eigenvalue weighted by Gasteiger charge is 2.29. The maximum Gasteiger partial charge on any atom is 0.405 e. The zero-order chi connectivity index (χ0) is 12.3. The molecule has 0 heterocycles. The number of hydrogen-bond acceptors (Lipinski definition) is 3. The molecule has 1 aromatic carbocycles. The van der Waals surface area contributed by atoms with Crippen molar-refractivity contribution in [1.29, 1.82) is 0 Å². The van der Waals surface area contributed by atoms with Crippen LogP contribution >= 0.6 is 0 Å². The topological polar surface area (TPSA) is 72.5 Å². The van der Waals surface area contributed by atoms with Crippen LogP contribution in [0.2, 0.25) is 0 Å². The fourth-order valence-electron chi connectivity index (χ4n) is 1.51. The molecular formula is C12H17NO3. The van der Waals surface area contributed by atoms with Gasteiger partial charge in [-0.15, -0.1) is 0 Å². The molecule has 0 bridgehead atoms. The Morgan fingerprint density at radius 2 is 1.81 bits per heavy atom. The largest absolute Gasteiger partial charge is 0.508 e. The van der Waals surface area contributed by atoms with Crippen LogP contribution in [-0.4, -0.2) is 11.2 Å². The second kappa shape index (κ2) is 4.43. The molecule has 1 rings (SSSR count). The van der Waals surface area contributed by atoms with Gasteiger partial charge in [-0.3, -0.25) is 0 Å². The Kier molecular flexibility index (Phi) is 3.42. The minimum Gasteiger partial charge on any atom is -0.508 e. The third-order valence-corrected chi connectivity index (χ3v) is 2.22. The van der Waals surface area contributed by atoms with Crippen LogP contribution in [0.1, 0.15) is 32.4 Å². The van der Waals surface area contributed by atoms with Gasteiger partial charge >= 0.3 is 6.09 Å². The molecule has 3 N–H and O–H groups in total. The number of carbonyl (C=O) groups is 1. The van der Waals surface area contributed by atoms with E-state index in [0.717, 1.165) is 5.56 Å². The van der Waals surface area contributed by atoms with Gasteiger partial charge in [0.25, 0.3) is 0 Å². The van der Waals surface area contributed by atoms with Gasteiger partial charge in [-0.1, -0.05) is 32.9 Å². The molecule has 16 heavy (non-hydrogen) atoms. The Morgan fingerprint density at radius 1 is 1.31 bits per heavy atom. The highest BCUT2D eigenvalue weighted by Crippen LogP contribution is 2.36.